The van der Waals surface area contributed by atoms with Gasteiger partial charge in [0.2, 0.25) is 0 Å². The standard InChI is InChI=1S/C19H24N2O4/c1-21-15-5-4-12(24-3)8-11(15)9-16(21)19(22)20-17-13-6-7-25-18(13)14(17)10-23-2/h4-5,8-9,13-14,17-18H,6-7,10H2,1-3H3,(H,20,22)/t13-,14-,17-,18-/m0/s1. The van der Waals surface area contributed by atoms with Gasteiger partial charge in [-0.1, -0.05) is 0 Å². The van der Waals surface area contributed by atoms with Gasteiger partial charge in [0, 0.05) is 49.5 Å². The van der Waals surface area contributed by atoms with Crippen molar-refractivity contribution in [1.29, 1.82) is 0 Å². The zero-order valence-corrected chi connectivity index (χ0v) is 14.8. The van der Waals surface area contributed by atoms with Crippen molar-refractivity contribution in [3.8, 4) is 5.75 Å². The monoisotopic (exact) mass is 344 g/mol. The van der Waals surface area contributed by atoms with Crippen LogP contribution in [0, 0.1) is 11.8 Å². The van der Waals surface area contributed by atoms with E-state index in [1.807, 2.05) is 35.9 Å². The molecule has 134 valence electrons. The predicted molar refractivity (Wildman–Crippen MR) is 93.9 cm³/mol. The molecule has 1 amide bonds. The average Bonchev–Trinajstić information content (AvgIpc) is 3.19. The molecule has 1 aliphatic heterocycles. The van der Waals surface area contributed by atoms with Crippen molar-refractivity contribution in [3.63, 3.8) is 0 Å². The highest BCUT2D eigenvalue weighted by Gasteiger charge is 2.54. The van der Waals surface area contributed by atoms with E-state index in [1.54, 1.807) is 14.2 Å². The van der Waals surface area contributed by atoms with E-state index in [0.717, 1.165) is 29.7 Å². The van der Waals surface area contributed by atoms with E-state index in [4.69, 9.17) is 14.2 Å². The molecule has 1 aliphatic carbocycles. The van der Waals surface area contributed by atoms with Crippen LogP contribution in [0.4, 0.5) is 0 Å². The lowest BCUT2D eigenvalue weighted by Gasteiger charge is -2.47. The summed E-state index contributed by atoms with van der Waals surface area (Å²) in [6.07, 6.45) is 1.23. The maximum Gasteiger partial charge on any atom is 0.268 e. The Morgan fingerprint density at radius 2 is 2.20 bits per heavy atom. The molecule has 1 aromatic carbocycles. The molecule has 2 aliphatic rings. The quantitative estimate of drug-likeness (QED) is 0.901. The minimum absolute atomic E-state index is 0.0471. The van der Waals surface area contributed by atoms with Crippen LogP contribution in [0.3, 0.4) is 0 Å². The lowest BCUT2D eigenvalue weighted by Crippen LogP contribution is -2.62. The van der Waals surface area contributed by atoms with Gasteiger partial charge in [-0.25, -0.2) is 0 Å². The summed E-state index contributed by atoms with van der Waals surface area (Å²) in [7, 11) is 5.25. The van der Waals surface area contributed by atoms with E-state index in [1.165, 1.54) is 0 Å². The summed E-state index contributed by atoms with van der Waals surface area (Å²) >= 11 is 0. The number of amides is 1. The van der Waals surface area contributed by atoms with Gasteiger partial charge in [-0.2, -0.15) is 0 Å². The number of nitrogens with one attached hydrogen (secondary N) is 1. The zero-order chi connectivity index (χ0) is 17.6. The average molecular weight is 344 g/mol. The number of fused-ring (bicyclic) bond motifs is 2. The van der Waals surface area contributed by atoms with E-state index >= 15 is 0 Å². The van der Waals surface area contributed by atoms with Crippen molar-refractivity contribution >= 4 is 16.8 Å². The van der Waals surface area contributed by atoms with Gasteiger partial charge < -0.3 is 24.1 Å². The number of hydrogen-bond donors (Lipinski definition) is 1. The Morgan fingerprint density at radius 1 is 1.36 bits per heavy atom. The molecule has 1 saturated carbocycles. The number of hydrogen-bond acceptors (Lipinski definition) is 4. The Morgan fingerprint density at radius 3 is 2.96 bits per heavy atom. The number of nitrogens with zero attached hydrogens (tertiary/aromatic N) is 1. The number of benzene rings is 1. The van der Waals surface area contributed by atoms with Gasteiger partial charge in [0.25, 0.3) is 5.91 Å². The summed E-state index contributed by atoms with van der Waals surface area (Å²) < 4.78 is 18.3. The maximum absolute atomic E-state index is 12.9. The summed E-state index contributed by atoms with van der Waals surface area (Å²) in [5, 5.41) is 4.21. The second kappa shape index (κ2) is 6.35. The van der Waals surface area contributed by atoms with Crippen molar-refractivity contribution < 1.29 is 19.0 Å². The Balaban J connectivity index is 1.56. The SMILES string of the molecule is COC[C@H]1[C@@H](NC(=O)c2cc3cc(OC)ccc3n2C)[C@@H]2CCO[C@@H]21. The first kappa shape index (κ1) is 16.4. The van der Waals surface area contributed by atoms with E-state index in [-0.39, 0.29) is 24.0 Å². The van der Waals surface area contributed by atoms with Crippen LogP contribution in [0.2, 0.25) is 0 Å². The molecule has 2 fully saturated rings. The van der Waals surface area contributed by atoms with Gasteiger partial charge in [0.05, 0.1) is 19.8 Å². The van der Waals surface area contributed by atoms with Crippen molar-refractivity contribution in [2.75, 3.05) is 27.4 Å². The van der Waals surface area contributed by atoms with Crippen LogP contribution < -0.4 is 10.1 Å². The second-order valence-corrected chi connectivity index (χ2v) is 6.92. The number of rotatable bonds is 5. The number of carbonyl (C=O) groups is 1. The highest BCUT2D eigenvalue weighted by Crippen LogP contribution is 2.43. The molecule has 2 aromatic rings. The van der Waals surface area contributed by atoms with Gasteiger partial charge >= 0.3 is 0 Å². The van der Waals surface area contributed by atoms with Crippen LogP contribution in [-0.4, -0.2) is 50.1 Å². The van der Waals surface area contributed by atoms with Crippen LogP contribution >= 0.6 is 0 Å². The molecule has 6 nitrogen and oxygen atoms in total. The third-order valence-corrected chi connectivity index (χ3v) is 5.67. The Kier molecular flexibility index (Phi) is 4.17. The molecule has 0 radical (unpaired) electrons. The van der Waals surface area contributed by atoms with Crippen LogP contribution in [0.5, 0.6) is 5.75 Å². The molecule has 0 unspecified atom stereocenters. The zero-order valence-electron chi connectivity index (χ0n) is 14.8. The molecule has 2 heterocycles. The molecule has 0 spiro atoms. The van der Waals surface area contributed by atoms with Gasteiger partial charge in [-0.3, -0.25) is 4.79 Å². The fraction of sp³-hybridized carbons (Fsp3) is 0.526. The van der Waals surface area contributed by atoms with E-state index in [0.29, 0.717) is 18.2 Å². The third kappa shape index (κ3) is 2.60. The van der Waals surface area contributed by atoms with Gasteiger partial charge in [0.15, 0.2) is 0 Å². The molecule has 4 rings (SSSR count). The van der Waals surface area contributed by atoms with Crippen LogP contribution in [0.1, 0.15) is 16.9 Å². The summed E-state index contributed by atoms with van der Waals surface area (Å²) in [6.45, 7) is 1.38. The smallest absolute Gasteiger partial charge is 0.268 e. The van der Waals surface area contributed by atoms with Gasteiger partial charge in [-0.15, -0.1) is 0 Å². The van der Waals surface area contributed by atoms with Crippen molar-refractivity contribution in [1.82, 2.24) is 9.88 Å². The summed E-state index contributed by atoms with van der Waals surface area (Å²) in [5.41, 5.74) is 1.66. The fourth-order valence-corrected chi connectivity index (χ4v) is 4.33. The van der Waals surface area contributed by atoms with E-state index in [9.17, 15) is 4.79 Å². The number of aryl methyl sites for hydroxylation is 1. The molecular formula is C19H24N2O4. The van der Waals surface area contributed by atoms with Crippen molar-refractivity contribution in [3.05, 3.63) is 30.0 Å². The number of methoxy groups -OCH3 is 2. The molecular weight excluding hydrogens is 320 g/mol. The van der Waals surface area contributed by atoms with Crippen LogP contribution in [0.15, 0.2) is 24.3 Å². The molecule has 6 heteroatoms. The lowest BCUT2D eigenvalue weighted by molar-refractivity contribution is -0.0810. The molecule has 25 heavy (non-hydrogen) atoms. The molecule has 1 saturated heterocycles. The molecule has 1 N–H and O–H groups in total. The summed E-state index contributed by atoms with van der Waals surface area (Å²) in [6, 6.07) is 7.87. The van der Waals surface area contributed by atoms with Gasteiger partial charge in [-0.05, 0) is 30.7 Å². The predicted octanol–water partition coefficient (Wildman–Crippen LogP) is 1.97. The highest BCUT2D eigenvalue weighted by molar-refractivity contribution is 5.99. The van der Waals surface area contributed by atoms with Crippen molar-refractivity contribution in [2.24, 2.45) is 18.9 Å². The fourth-order valence-electron chi connectivity index (χ4n) is 4.33. The molecule has 4 atom stereocenters. The minimum Gasteiger partial charge on any atom is -0.497 e. The van der Waals surface area contributed by atoms with Gasteiger partial charge in [0.1, 0.15) is 11.4 Å². The first-order chi connectivity index (χ1) is 12.1. The van der Waals surface area contributed by atoms with E-state index < -0.39 is 0 Å². The second-order valence-electron chi connectivity index (χ2n) is 6.92. The minimum atomic E-state index is -0.0471. The first-order valence-corrected chi connectivity index (χ1v) is 8.69. The number of aromatic nitrogens is 1. The lowest BCUT2D eigenvalue weighted by atomic mass is 9.67. The Labute approximate surface area is 147 Å². The molecule has 1 aromatic heterocycles. The first-order valence-electron chi connectivity index (χ1n) is 8.69. The summed E-state index contributed by atoms with van der Waals surface area (Å²) in [5.74, 6) is 1.37. The number of ether oxygens (including phenoxy) is 3. The summed E-state index contributed by atoms with van der Waals surface area (Å²) in [4.78, 5) is 12.9. The van der Waals surface area contributed by atoms with Crippen molar-refractivity contribution in [2.45, 2.75) is 18.6 Å². The molecule has 0 bridgehead atoms. The Hall–Kier alpha value is -2.05. The highest BCUT2D eigenvalue weighted by atomic mass is 16.5. The van der Waals surface area contributed by atoms with Crippen LogP contribution in [0.25, 0.3) is 10.9 Å². The third-order valence-electron chi connectivity index (χ3n) is 5.67. The number of carbonyl (C=O) groups excluding carboxylic acids is 1. The normalized spacial score (nSPS) is 27.8. The topological polar surface area (TPSA) is 61.7 Å². The largest absolute Gasteiger partial charge is 0.497 e. The van der Waals surface area contributed by atoms with E-state index in [2.05, 4.69) is 5.32 Å². The Bertz CT molecular complexity index is 800. The maximum atomic E-state index is 12.9. The van der Waals surface area contributed by atoms with Crippen LogP contribution in [-0.2, 0) is 16.5 Å².